The molecule has 0 aliphatic rings. The van der Waals surface area contributed by atoms with E-state index in [0.29, 0.717) is 17.6 Å². The summed E-state index contributed by atoms with van der Waals surface area (Å²) in [7, 11) is 0. The van der Waals surface area contributed by atoms with Crippen LogP contribution in [-0.4, -0.2) is 20.6 Å². The molecule has 0 spiro atoms. The van der Waals surface area contributed by atoms with Crippen molar-refractivity contribution in [3.63, 3.8) is 0 Å². The number of aromatic nitrogens is 2. The third kappa shape index (κ3) is 2.02. The number of para-hydroxylation sites is 1. The van der Waals surface area contributed by atoms with E-state index in [9.17, 15) is 9.90 Å². The standard InChI is InChI=1S/C14H12N2O2S/c1-9-15-12-6-2-5-11(14(17)18)13(12)16(9)8-10-4-3-7-19-10/h2-7H,8H2,1H3,(H,17,18). The second kappa shape index (κ2) is 4.51. The summed E-state index contributed by atoms with van der Waals surface area (Å²) in [4.78, 5) is 17.0. The lowest BCUT2D eigenvalue weighted by atomic mass is 10.2. The number of thiophene rings is 1. The fraction of sp³-hybridized carbons (Fsp3) is 0.143. The minimum Gasteiger partial charge on any atom is -0.478 e. The lowest BCUT2D eigenvalue weighted by Crippen LogP contribution is -2.05. The molecule has 0 saturated heterocycles. The number of hydrogen-bond donors (Lipinski definition) is 1. The van der Waals surface area contributed by atoms with Gasteiger partial charge in [0.1, 0.15) is 5.82 Å². The Morgan fingerprint density at radius 3 is 2.89 bits per heavy atom. The Kier molecular flexibility index (Phi) is 2.83. The molecule has 2 heterocycles. The van der Waals surface area contributed by atoms with Crippen LogP contribution in [0.2, 0.25) is 0 Å². The molecule has 3 aromatic rings. The molecular weight excluding hydrogens is 260 g/mol. The maximum Gasteiger partial charge on any atom is 0.337 e. The van der Waals surface area contributed by atoms with Gasteiger partial charge >= 0.3 is 5.97 Å². The molecule has 0 bridgehead atoms. The van der Waals surface area contributed by atoms with Gasteiger partial charge in [0, 0.05) is 4.88 Å². The number of aromatic carboxylic acids is 1. The number of fused-ring (bicyclic) bond motifs is 1. The zero-order valence-electron chi connectivity index (χ0n) is 10.3. The number of carboxylic acid groups (broad SMARTS) is 1. The predicted octanol–water partition coefficient (Wildman–Crippen LogP) is 3.15. The summed E-state index contributed by atoms with van der Waals surface area (Å²) in [6.07, 6.45) is 0. The van der Waals surface area contributed by atoms with Crippen molar-refractivity contribution < 1.29 is 9.90 Å². The number of nitrogens with zero attached hydrogens (tertiary/aromatic N) is 2. The Labute approximate surface area is 113 Å². The monoisotopic (exact) mass is 272 g/mol. The van der Waals surface area contributed by atoms with E-state index in [1.807, 2.05) is 35.1 Å². The van der Waals surface area contributed by atoms with Gasteiger partial charge in [-0.15, -0.1) is 11.3 Å². The molecule has 96 valence electrons. The zero-order chi connectivity index (χ0) is 13.4. The van der Waals surface area contributed by atoms with E-state index in [0.717, 1.165) is 11.3 Å². The Balaban J connectivity index is 2.22. The van der Waals surface area contributed by atoms with Crippen LogP contribution in [0.25, 0.3) is 11.0 Å². The topological polar surface area (TPSA) is 55.1 Å². The molecule has 0 fully saturated rings. The molecule has 0 aliphatic heterocycles. The fourth-order valence-electron chi connectivity index (χ4n) is 2.23. The molecule has 0 radical (unpaired) electrons. The van der Waals surface area contributed by atoms with E-state index in [4.69, 9.17) is 0 Å². The van der Waals surface area contributed by atoms with E-state index in [1.165, 1.54) is 4.88 Å². The molecule has 2 aromatic heterocycles. The van der Waals surface area contributed by atoms with Crippen LogP contribution in [0, 0.1) is 6.92 Å². The Morgan fingerprint density at radius 1 is 1.37 bits per heavy atom. The highest BCUT2D eigenvalue weighted by atomic mass is 32.1. The molecule has 3 rings (SSSR count). The maximum atomic E-state index is 11.3. The van der Waals surface area contributed by atoms with Crippen LogP contribution in [-0.2, 0) is 6.54 Å². The van der Waals surface area contributed by atoms with Gasteiger partial charge in [-0.25, -0.2) is 9.78 Å². The number of rotatable bonds is 3. The van der Waals surface area contributed by atoms with Crippen molar-refractivity contribution >= 4 is 28.3 Å². The van der Waals surface area contributed by atoms with E-state index in [2.05, 4.69) is 4.98 Å². The van der Waals surface area contributed by atoms with Gasteiger partial charge in [-0.1, -0.05) is 12.1 Å². The Bertz CT molecular complexity index is 744. The van der Waals surface area contributed by atoms with Crippen molar-refractivity contribution in [3.05, 3.63) is 52.0 Å². The molecule has 5 heteroatoms. The molecule has 0 atom stereocenters. The summed E-state index contributed by atoms with van der Waals surface area (Å²) in [5.41, 5.74) is 1.73. The average Bonchev–Trinajstić information content (AvgIpc) is 2.98. The van der Waals surface area contributed by atoms with Gasteiger partial charge in [-0.2, -0.15) is 0 Å². The first kappa shape index (κ1) is 11.9. The minimum absolute atomic E-state index is 0.301. The SMILES string of the molecule is Cc1nc2cccc(C(=O)O)c2n1Cc1cccs1. The van der Waals surface area contributed by atoms with Crippen molar-refractivity contribution in [1.29, 1.82) is 0 Å². The first-order chi connectivity index (χ1) is 9.16. The number of carbonyl (C=O) groups is 1. The predicted molar refractivity (Wildman–Crippen MR) is 74.9 cm³/mol. The minimum atomic E-state index is -0.919. The van der Waals surface area contributed by atoms with Gasteiger partial charge in [-0.05, 0) is 30.5 Å². The molecular formula is C14H12N2O2S. The average molecular weight is 272 g/mol. The molecule has 0 saturated carbocycles. The van der Waals surface area contributed by atoms with Crippen molar-refractivity contribution in [2.75, 3.05) is 0 Å². The summed E-state index contributed by atoms with van der Waals surface area (Å²) >= 11 is 1.66. The van der Waals surface area contributed by atoms with Crippen LogP contribution in [0.4, 0.5) is 0 Å². The number of imidazole rings is 1. The van der Waals surface area contributed by atoms with Gasteiger partial charge < -0.3 is 9.67 Å². The molecule has 4 nitrogen and oxygen atoms in total. The van der Waals surface area contributed by atoms with E-state index in [1.54, 1.807) is 23.5 Å². The van der Waals surface area contributed by atoms with Crippen LogP contribution in [0.5, 0.6) is 0 Å². The van der Waals surface area contributed by atoms with Gasteiger partial charge in [0.15, 0.2) is 0 Å². The molecule has 19 heavy (non-hydrogen) atoms. The summed E-state index contributed by atoms with van der Waals surface area (Å²) in [6.45, 7) is 2.56. The summed E-state index contributed by atoms with van der Waals surface area (Å²) < 4.78 is 1.96. The second-order valence-corrected chi connectivity index (χ2v) is 5.34. The van der Waals surface area contributed by atoms with Crippen LogP contribution >= 0.6 is 11.3 Å². The van der Waals surface area contributed by atoms with Crippen LogP contribution in [0.3, 0.4) is 0 Å². The highest BCUT2D eigenvalue weighted by molar-refractivity contribution is 7.09. The van der Waals surface area contributed by atoms with Crippen molar-refractivity contribution in [2.45, 2.75) is 13.5 Å². The van der Waals surface area contributed by atoms with Crippen LogP contribution in [0.1, 0.15) is 21.1 Å². The van der Waals surface area contributed by atoms with Crippen molar-refractivity contribution in [2.24, 2.45) is 0 Å². The van der Waals surface area contributed by atoms with Crippen molar-refractivity contribution in [3.8, 4) is 0 Å². The molecule has 1 aromatic carbocycles. The third-order valence-corrected chi connectivity index (χ3v) is 3.94. The lowest BCUT2D eigenvalue weighted by molar-refractivity contribution is 0.0698. The number of benzene rings is 1. The van der Waals surface area contributed by atoms with Gasteiger partial charge in [0.2, 0.25) is 0 Å². The lowest BCUT2D eigenvalue weighted by Gasteiger charge is -2.07. The normalized spacial score (nSPS) is 11.0. The quantitative estimate of drug-likeness (QED) is 0.796. The maximum absolute atomic E-state index is 11.3. The fourth-order valence-corrected chi connectivity index (χ4v) is 2.92. The van der Waals surface area contributed by atoms with Crippen LogP contribution in [0.15, 0.2) is 35.7 Å². The molecule has 0 unspecified atom stereocenters. The molecule has 0 amide bonds. The highest BCUT2D eigenvalue weighted by Gasteiger charge is 2.15. The second-order valence-electron chi connectivity index (χ2n) is 4.30. The zero-order valence-corrected chi connectivity index (χ0v) is 11.1. The number of hydrogen-bond acceptors (Lipinski definition) is 3. The summed E-state index contributed by atoms with van der Waals surface area (Å²) in [5.74, 6) is -0.0879. The van der Waals surface area contributed by atoms with Crippen molar-refractivity contribution in [1.82, 2.24) is 9.55 Å². The van der Waals surface area contributed by atoms with E-state index in [-0.39, 0.29) is 0 Å². The van der Waals surface area contributed by atoms with E-state index < -0.39 is 5.97 Å². The highest BCUT2D eigenvalue weighted by Crippen LogP contribution is 2.23. The van der Waals surface area contributed by atoms with Gasteiger partial charge in [0.05, 0.1) is 23.1 Å². The first-order valence-corrected chi connectivity index (χ1v) is 6.76. The Morgan fingerprint density at radius 2 is 2.21 bits per heavy atom. The van der Waals surface area contributed by atoms with E-state index >= 15 is 0 Å². The summed E-state index contributed by atoms with van der Waals surface area (Å²) in [5, 5.41) is 11.3. The number of aryl methyl sites for hydroxylation is 1. The Hall–Kier alpha value is -2.14. The van der Waals surface area contributed by atoms with Gasteiger partial charge in [0.25, 0.3) is 0 Å². The summed E-state index contributed by atoms with van der Waals surface area (Å²) in [6, 6.07) is 9.23. The van der Waals surface area contributed by atoms with Gasteiger partial charge in [-0.3, -0.25) is 0 Å². The smallest absolute Gasteiger partial charge is 0.337 e. The third-order valence-electron chi connectivity index (χ3n) is 3.08. The molecule has 0 aliphatic carbocycles. The van der Waals surface area contributed by atoms with Crippen LogP contribution < -0.4 is 0 Å². The number of carboxylic acids is 1. The molecule has 1 N–H and O–H groups in total. The largest absolute Gasteiger partial charge is 0.478 e. The first-order valence-electron chi connectivity index (χ1n) is 5.88.